The van der Waals surface area contributed by atoms with Gasteiger partial charge in [0.15, 0.2) is 46.4 Å². The van der Waals surface area contributed by atoms with Crippen molar-refractivity contribution < 1.29 is 82.0 Å². The number of hydrogen-bond acceptors (Lipinski definition) is 32. The van der Waals surface area contributed by atoms with Crippen LogP contribution in [-0.4, -0.2) is 148 Å². The molecule has 36 nitrogen and oxygen atoms in total. The van der Waals surface area contributed by atoms with Crippen molar-refractivity contribution in [2.24, 2.45) is 22.0 Å². The molecule has 0 spiro atoms. The van der Waals surface area contributed by atoms with Gasteiger partial charge < -0.3 is 39.8 Å². The Morgan fingerprint density at radius 2 is 0.596 bits per heavy atom. The second kappa shape index (κ2) is 32.2. The van der Waals surface area contributed by atoms with Gasteiger partial charge in [0.1, 0.15) is 0 Å². The third kappa shape index (κ3) is 16.3. The monoisotopic (exact) mass is 1620 g/mol. The number of nitrogens with zero attached hydrogens (tertiary/aromatic N) is 10. The van der Waals surface area contributed by atoms with E-state index in [-0.39, 0.29) is 134 Å². The van der Waals surface area contributed by atoms with Crippen LogP contribution in [0.1, 0.15) is 41.5 Å². The topological polar surface area (TPSA) is 506 Å². The molecule has 114 heavy (non-hydrogen) atoms. The Bertz CT molecular complexity index is 5720. The molecule has 0 unspecified atom stereocenters. The van der Waals surface area contributed by atoms with Crippen molar-refractivity contribution >= 4 is 121 Å². The molecular weight excluding hydrogens is 1560 g/mol. The highest BCUT2D eigenvalue weighted by Crippen LogP contribution is 2.49. The smallest absolute Gasteiger partial charge is 0.263 e. The number of carbonyl (C=O) groups is 4. The number of aromatic nitrogens is 8. The van der Waals surface area contributed by atoms with Crippen molar-refractivity contribution in [3.63, 3.8) is 0 Å². The van der Waals surface area contributed by atoms with Crippen molar-refractivity contribution in [1.29, 1.82) is 0 Å². The Hall–Kier alpha value is -13.9. The van der Waals surface area contributed by atoms with Crippen LogP contribution in [-0.2, 0) is 59.3 Å². The number of Topliss-reactive ketones (excluding diaryl/α,β-unsaturated/α-hetero) is 4. The zero-order valence-electron chi connectivity index (χ0n) is 61.7. The fraction of sp³-hybridized carbons (Fsp3) is 0.162. The highest BCUT2D eigenvalue weighted by molar-refractivity contribution is 7.93. The van der Waals surface area contributed by atoms with E-state index in [9.17, 15) is 43.9 Å². The summed E-state index contributed by atoms with van der Waals surface area (Å²) in [6.07, 6.45) is 2.19. The molecule has 586 valence electrons. The number of rotatable bonds is 27. The van der Waals surface area contributed by atoms with Crippen LogP contribution in [0.15, 0.2) is 266 Å². The lowest BCUT2D eigenvalue weighted by Gasteiger charge is -2.35. The van der Waals surface area contributed by atoms with E-state index in [1.165, 1.54) is 188 Å². The van der Waals surface area contributed by atoms with Crippen LogP contribution in [0.4, 0.5) is 46.0 Å². The minimum absolute atomic E-state index is 0.0943. The van der Waals surface area contributed by atoms with E-state index in [2.05, 4.69) is 81.2 Å². The van der Waals surface area contributed by atoms with Crippen molar-refractivity contribution in [3.05, 3.63) is 236 Å². The van der Waals surface area contributed by atoms with Gasteiger partial charge in [0, 0.05) is 92.6 Å². The second-order valence-corrected chi connectivity index (χ2v) is 32.3. The quantitative estimate of drug-likeness (QED) is 0.0130. The molecule has 8 aromatic rings. The van der Waals surface area contributed by atoms with Gasteiger partial charge in [-0.25, -0.2) is 33.7 Å². The van der Waals surface area contributed by atoms with Gasteiger partial charge in [-0.3, -0.25) is 48.9 Å². The number of aliphatic hydroxyl groups is 2. The lowest BCUT2D eigenvalue weighted by molar-refractivity contribution is -0.117. The number of carbonyl (C=O) groups excluding carboxylic acids is 4. The van der Waals surface area contributed by atoms with Gasteiger partial charge in [0.25, 0.3) is 40.1 Å². The van der Waals surface area contributed by atoms with E-state index in [0.717, 1.165) is 12.4 Å². The average Bonchev–Trinajstić information content (AvgIpc) is 0.705. The van der Waals surface area contributed by atoms with Crippen molar-refractivity contribution in [2.45, 2.75) is 61.1 Å². The maximum atomic E-state index is 16.7. The molecule has 4 aromatic carbocycles. The minimum Gasteiger partial charge on any atom is -0.504 e. The Labute approximate surface area is 651 Å². The van der Waals surface area contributed by atoms with Crippen LogP contribution in [0.2, 0.25) is 0 Å². The van der Waals surface area contributed by atoms with Crippen LogP contribution in [0.25, 0.3) is 0 Å². The van der Waals surface area contributed by atoms with Crippen LogP contribution in [0, 0.1) is 11.8 Å². The Morgan fingerprint density at radius 1 is 0.342 bits per heavy atom. The molecule has 0 saturated carbocycles. The number of benzene rings is 4. The normalized spacial score (nSPS) is 16.4. The molecule has 40 heteroatoms. The predicted molar refractivity (Wildman–Crippen MR) is 417 cm³/mol. The highest BCUT2D eigenvalue weighted by atomic mass is 32.2. The number of aliphatic hydroxyl groups excluding tert-OH is 2. The minimum atomic E-state index is -4.32. The van der Waals surface area contributed by atoms with E-state index in [4.69, 9.17) is 29.2 Å². The first-order chi connectivity index (χ1) is 54.3. The predicted octanol–water partition coefficient (Wildman–Crippen LogP) is 8.81. The summed E-state index contributed by atoms with van der Waals surface area (Å²) >= 11 is 0. The van der Waals surface area contributed by atoms with E-state index in [0.29, 0.717) is 0 Å². The SMILES string of the molecule is COc1ccc(NS(=O)(=O)c2ccc(N/C=C3\C(=O)C(O)=C(C(C)C)C4=C3C(=O)C(C3=C(C)/C(=N\Nc5ccc(S(=O)(=O)Nc6ccc(OC)nn6)cc5)C5=C(C3=O)/C(=C/Nc3ccc(S(=O)(=O)Nc6ccc(OC)nn6)cc3)C(=O)C(O)=C5C(C)C)=C(C)/C4=N\Nc3ccc(S(=O)(=O)Nc4ccc(OC)nn4)cc3)cc2)nn1. The third-order valence-electron chi connectivity index (χ3n) is 17.6. The molecule has 0 saturated heterocycles. The number of ketones is 4. The first-order valence-electron chi connectivity index (χ1n) is 33.9. The largest absolute Gasteiger partial charge is 0.504 e. The van der Waals surface area contributed by atoms with Gasteiger partial charge >= 0.3 is 0 Å². The summed E-state index contributed by atoms with van der Waals surface area (Å²) in [5.74, 6) is -7.55. The number of nitrogens with one attached hydrogen (secondary N) is 8. The second-order valence-electron chi connectivity index (χ2n) is 25.6. The van der Waals surface area contributed by atoms with E-state index < -0.39 is 120 Å². The molecule has 0 radical (unpaired) electrons. The molecule has 4 aromatic heterocycles. The Balaban J connectivity index is 1.01. The summed E-state index contributed by atoms with van der Waals surface area (Å²) in [4.78, 5) is 62.7. The molecule has 0 atom stereocenters. The number of sulfonamides is 4. The molecule has 4 aliphatic carbocycles. The Morgan fingerprint density at radius 3 is 0.825 bits per heavy atom. The number of anilines is 8. The molecule has 12 rings (SSSR count). The highest BCUT2D eigenvalue weighted by Gasteiger charge is 2.49. The number of methoxy groups -OCH3 is 4. The molecule has 4 aliphatic rings. The summed E-state index contributed by atoms with van der Waals surface area (Å²) in [6.45, 7) is 9.37. The summed E-state index contributed by atoms with van der Waals surface area (Å²) in [5.41, 5.74) is 2.50. The molecule has 4 heterocycles. The zero-order chi connectivity index (χ0) is 81.9. The molecule has 10 N–H and O–H groups in total. The van der Waals surface area contributed by atoms with Crippen LogP contribution < -0.4 is 59.3 Å². The average molecular weight is 1630 g/mol. The standard InChI is InChI=1S/C74H68N18O18S4/c1-37(2)59-65-63(49(69(93)73(59)97)35-75-41-11-19-45(20-12-41)111(99,100)89-51-27-31-55(107-7)83-79-51)71(95)61(39(5)67(65)87-77-43-15-23-47(24-16-43)113(103,104)91-53-29-33-57(109-9)85-81-53)62-40(6)68(88-78-44-17-25-48(26-18-44)114(105,106)92-54-30-34-58(110-10)86-82-54)66-60(38(3)4)74(98)70(94)50(64(66)72(62)96)36-76-42-13-21-46(22-14-42)112(101,102)90-52-28-32-56(108-8)84-80-52/h11-38,75-78,97-98H,1-10H3,(H,79,89)(H,80,90)(H,81,91)(H,82,92)/b49-35-,50-36-,87-67+,88-68+. The first-order valence-corrected chi connectivity index (χ1v) is 39.8. The van der Waals surface area contributed by atoms with Gasteiger partial charge in [0.05, 0.1) is 82.0 Å². The summed E-state index contributed by atoms with van der Waals surface area (Å²) in [5, 5.41) is 70.7. The number of hydrogen-bond donors (Lipinski definition) is 10. The number of ether oxygens (including phenoxy) is 4. The molecule has 0 amide bonds. The lowest BCUT2D eigenvalue weighted by Crippen LogP contribution is -2.38. The first kappa shape index (κ1) is 79.7. The van der Waals surface area contributed by atoms with Gasteiger partial charge in [-0.2, -0.15) is 10.2 Å². The summed E-state index contributed by atoms with van der Waals surface area (Å²) < 4.78 is 139. The maximum absolute atomic E-state index is 16.7. The molecule has 0 fully saturated rings. The van der Waals surface area contributed by atoms with Gasteiger partial charge in [-0.1, -0.05) is 27.7 Å². The lowest BCUT2D eigenvalue weighted by atomic mass is 9.66. The van der Waals surface area contributed by atoms with Crippen molar-refractivity contribution in [1.82, 2.24) is 40.8 Å². The maximum Gasteiger partial charge on any atom is 0.263 e. The zero-order valence-corrected chi connectivity index (χ0v) is 65.0. The summed E-state index contributed by atoms with van der Waals surface area (Å²) in [7, 11) is -11.8. The fourth-order valence-electron chi connectivity index (χ4n) is 12.1. The Kier molecular flexibility index (Phi) is 22.5. The van der Waals surface area contributed by atoms with Crippen LogP contribution >= 0.6 is 0 Å². The van der Waals surface area contributed by atoms with Crippen molar-refractivity contribution in [2.75, 3.05) is 68.8 Å². The molecular formula is C74H68N18O18S4. The molecule has 0 bridgehead atoms. The van der Waals surface area contributed by atoms with Crippen molar-refractivity contribution in [3.8, 4) is 23.5 Å². The van der Waals surface area contributed by atoms with E-state index >= 15 is 19.2 Å². The third-order valence-corrected chi connectivity index (χ3v) is 23.1. The fourth-order valence-corrected chi connectivity index (χ4v) is 16.1. The van der Waals surface area contributed by atoms with E-state index in [1.54, 1.807) is 27.7 Å². The van der Waals surface area contributed by atoms with Crippen LogP contribution in [0.3, 0.4) is 0 Å². The van der Waals surface area contributed by atoms with Crippen LogP contribution in [0.5, 0.6) is 23.5 Å². The van der Waals surface area contributed by atoms with Gasteiger partial charge in [-0.15, -0.1) is 40.8 Å². The molecule has 0 aliphatic heterocycles. The number of hydrazone groups is 2. The van der Waals surface area contributed by atoms with Gasteiger partial charge in [0.2, 0.25) is 35.1 Å². The van der Waals surface area contributed by atoms with Gasteiger partial charge in [-0.05, 0) is 158 Å². The summed E-state index contributed by atoms with van der Waals surface area (Å²) in [6, 6.07) is 31.5. The van der Waals surface area contributed by atoms with E-state index in [1.807, 2.05) is 0 Å². The number of allylic oxidation sites excluding steroid dienone is 12.